The number of hydrogen-bond donors (Lipinski definition) is 2. The number of aliphatic hydroxyl groups excluding tert-OH is 1. The molecule has 8 heteroatoms. The van der Waals surface area contributed by atoms with Gasteiger partial charge in [0, 0.05) is 0 Å². The van der Waals surface area contributed by atoms with Crippen LogP contribution in [0.2, 0.25) is 0 Å². The van der Waals surface area contributed by atoms with Crippen LogP contribution in [0, 0.1) is 11.8 Å². The molecule has 1 aromatic carbocycles. The lowest BCUT2D eigenvalue weighted by atomic mass is 10.1. The molecule has 24 heavy (non-hydrogen) atoms. The number of rotatable bonds is 2. The third-order valence-corrected chi connectivity index (χ3v) is 4.96. The Morgan fingerprint density at radius 2 is 2.29 bits per heavy atom. The van der Waals surface area contributed by atoms with Crippen molar-refractivity contribution in [3.05, 3.63) is 12.1 Å². The van der Waals surface area contributed by atoms with Gasteiger partial charge in [0.15, 0.2) is 16.6 Å². The van der Waals surface area contributed by atoms with Gasteiger partial charge in [-0.2, -0.15) is 0 Å². The minimum Gasteiger partial charge on any atom is -0.486 e. The van der Waals surface area contributed by atoms with Crippen molar-refractivity contribution in [2.45, 2.75) is 19.0 Å². The number of benzene rings is 1. The lowest BCUT2D eigenvalue weighted by Crippen LogP contribution is -2.37. The van der Waals surface area contributed by atoms with E-state index < -0.39 is 12.1 Å². The van der Waals surface area contributed by atoms with E-state index in [4.69, 9.17) is 9.47 Å². The van der Waals surface area contributed by atoms with Crippen molar-refractivity contribution in [2.24, 2.45) is 0 Å². The molecule has 2 aliphatic heterocycles. The number of hydrogen-bond acceptors (Lipinski definition) is 6. The van der Waals surface area contributed by atoms with Gasteiger partial charge in [-0.3, -0.25) is 4.90 Å². The first-order valence-corrected chi connectivity index (χ1v) is 8.36. The Kier molecular flexibility index (Phi) is 3.67. The Hall–Kier alpha value is -2.50. The first-order chi connectivity index (χ1) is 11.7. The number of fused-ring (bicyclic) bond motifs is 3. The topological polar surface area (TPSA) is 83.9 Å². The molecule has 2 amide bonds. The van der Waals surface area contributed by atoms with Crippen LogP contribution in [0.1, 0.15) is 6.92 Å². The maximum Gasteiger partial charge on any atom is 0.325 e. The first-order valence-electron chi connectivity index (χ1n) is 7.55. The van der Waals surface area contributed by atoms with E-state index in [-0.39, 0.29) is 12.6 Å². The minimum absolute atomic E-state index is 0.182. The van der Waals surface area contributed by atoms with Crippen molar-refractivity contribution in [1.29, 1.82) is 0 Å². The number of carbonyl (C=O) groups excluding carboxylic acids is 1. The molecule has 2 unspecified atom stereocenters. The number of carbonyl (C=O) groups is 1. The Morgan fingerprint density at radius 1 is 1.46 bits per heavy atom. The fourth-order valence-electron chi connectivity index (χ4n) is 2.87. The number of anilines is 1. The number of aromatic nitrogens is 1. The van der Waals surface area contributed by atoms with Gasteiger partial charge in [-0.15, -0.1) is 5.92 Å². The van der Waals surface area contributed by atoms with Crippen molar-refractivity contribution in [3.63, 3.8) is 0 Å². The summed E-state index contributed by atoms with van der Waals surface area (Å²) in [6.45, 7) is 2.50. The van der Waals surface area contributed by atoms with Gasteiger partial charge < -0.3 is 19.9 Å². The summed E-state index contributed by atoms with van der Waals surface area (Å²) in [6.07, 6.45) is 0. The smallest absolute Gasteiger partial charge is 0.325 e. The van der Waals surface area contributed by atoms with Gasteiger partial charge in [-0.25, -0.2) is 9.78 Å². The van der Waals surface area contributed by atoms with E-state index in [1.54, 1.807) is 6.92 Å². The summed E-state index contributed by atoms with van der Waals surface area (Å²) in [4.78, 5) is 18.4. The number of ether oxygens (including phenoxy) is 2. The van der Waals surface area contributed by atoms with Crippen LogP contribution in [-0.2, 0) is 0 Å². The number of nitrogens with one attached hydrogen (secondary N) is 1. The second-order valence-electron chi connectivity index (χ2n) is 5.38. The fourth-order valence-corrected chi connectivity index (χ4v) is 3.87. The molecule has 0 saturated carbocycles. The normalized spacial score (nSPS) is 22.2. The quantitative estimate of drug-likeness (QED) is 0.803. The van der Waals surface area contributed by atoms with E-state index in [9.17, 15) is 9.90 Å². The van der Waals surface area contributed by atoms with Crippen LogP contribution in [0.4, 0.5) is 9.93 Å². The van der Waals surface area contributed by atoms with E-state index in [2.05, 4.69) is 22.1 Å². The molecular formula is C16H15N3O4S. The Bertz CT molecular complexity index is 869. The van der Waals surface area contributed by atoms with Crippen molar-refractivity contribution in [3.8, 4) is 23.3 Å². The van der Waals surface area contributed by atoms with E-state index in [0.717, 1.165) is 4.70 Å². The van der Waals surface area contributed by atoms with E-state index >= 15 is 0 Å². The van der Waals surface area contributed by atoms with Crippen molar-refractivity contribution < 1.29 is 19.4 Å². The molecule has 0 radical (unpaired) electrons. The zero-order chi connectivity index (χ0) is 16.7. The molecule has 1 saturated heterocycles. The van der Waals surface area contributed by atoms with Gasteiger partial charge in [0.1, 0.15) is 24.8 Å². The molecule has 0 aliphatic carbocycles. The number of urea groups is 1. The molecule has 2 aromatic rings. The number of thiazole rings is 1. The van der Waals surface area contributed by atoms with E-state index in [1.807, 2.05) is 12.1 Å². The largest absolute Gasteiger partial charge is 0.486 e. The highest BCUT2D eigenvalue weighted by Gasteiger charge is 2.40. The van der Waals surface area contributed by atoms with Crippen LogP contribution in [0.5, 0.6) is 11.5 Å². The molecule has 7 nitrogen and oxygen atoms in total. The van der Waals surface area contributed by atoms with Gasteiger partial charge in [-0.05, 0) is 19.1 Å². The fraction of sp³-hybridized carbons (Fsp3) is 0.375. The molecule has 2 atom stereocenters. The lowest BCUT2D eigenvalue weighted by Gasteiger charge is -2.18. The van der Waals surface area contributed by atoms with Gasteiger partial charge >= 0.3 is 6.03 Å². The van der Waals surface area contributed by atoms with E-state index in [0.29, 0.717) is 35.4 Å². The van der Waals surface area contributed by atoms with Gasteiger partial charge in [-0.1, -0.05) is 17.3 Å². The molecule has 4 rings (SSSR count). The Labute approximate surface area is 142 Å². The maximum atomic E-state index is 12.3. The predicted octanol–water partition coefficient (Wildman–Crippen LogP) is 1.35. The van der Waals surface area contributed by atoms with E-state index in [1.165, 1.54) is 16.2 Å². The first kappa shape index (κ1) is 15.1. The number of aliphatic hydroxyl groups is 1. The van der Waals surface area contributed by atoms with Gasteiger partial charge in [0.05, 0.1) is 17.3 Å². The molecule has 124 valence electrons. The van der Waals surface area contributed by atoms with Crippen LogP contribution < -0.4 is 19.7 Å². The minimum atomic E-state index is -0.457. The third-order valence-electron chi connectivity index (χ3n) is 3.94. The summed E-state index contributed by atoms with van der Waals surface area (Å²) in [5.41, 5.74) is 0.677. The molecule has 2 aliphatic rings. The zero-order valence-electron chi connectivity index (χ0n) is 12.9. The molecule has 1 aromatic heterocycles. The maximum absolute atomic E-state index is 12.3. The van der Waals surface area contributed by atoms with Crippen molar-refractivity contribution in [1.82, 2.24) is 10.3 Å². The zero-order valence-corrected chi connectivity index (χ0v) is 13.7. The molecule has 0 spiro atoms. The summed E-state index contributed by atoms with van der Waals surface area (Å²) < 4.78 is 12.2. The highest BCUT2D eigenvalue weighted by Crippen LogP contribution is 2.42. The predicted molar refractivity (Wildman–Crippen MR) is 89.7 cm³/mol. The Morgan fingerprint density at radius 3 is 3.08 bits per heavy atom. The van der Waals surface area contributed by atoms with Gasteiger partial charge in [0.2, 0.25) is 0 Å². The monoisotopic (exact) mass is 345 g/mol. The molecule has 2 N–H and O–H groups in total. The third kappa shape index (κ3) is 2.25. The summed E-state index contributed by atoms with van der Waals surface area (Å²) in [6, 6.07) is 2.54. The summed E-state index contributed by atoms with van der Waals surface area (Å²) in [7, 11) is 0. The number of amides is 2. The highest BCUT2D eigenvalue weighted by molar-refractivity contribution is 7.22. The summed E-state index contributed by atoms with van der Waals surface area (Å²) in [5.74, 6) is 7.06. The summed E-state index contributed by atoms with van der Waals surface area (Å²) in [5, 5.41) is 12.7. The van der Waals surface area contributed by atoms with Gasteiger partial charge in [0.25, 0.3) is 0 Å². The molecule has 1 fully saturated rings. The molecule has 3 heterocycles. The van der Waals surface area contributed by atoms with Crippen LogP contribution in [-0.4, -0.2) is 48.0 Å². The molecule has 0 bridgehead atoms. The SMILES string of the molecule is CC#CC1C(CO)NC(=O)N1c1nc2c3c(ccc2s1)OCCO3. The van der Waals surface area contributed by atoms with Crippen LogP contribution in [0.15, 0.2) is 12.1 Å². The van der Waals surface area contributed by atoms with Crippen molar-refractivity contribution in [2.75, 3.05) is 24.7 Å². The van der Waals surface area contributed by atoms with Crippen LogP contribution >= 0.6 is 11.3 Å². The number of nitrogens with zero attached hydrogens (tertiary/aromatic N) is 2. The molecular weight excluding hydrogens is 330 g/mol. The second kappa shape index (κ2) is 5.85. The average molecular weight is 345 g/mol. The highest BCUT2D eigenvalue weighted by atomic mass is 32.1. The van der Waals surface area contributed by atoms with Crippen molar-refractivity contribution >= 4 is 32.7 Å². The second-order valence-corrected chi connectivity index (χ2v) is 6.39. The Balaban J connectivity index is 1.80. The summed E-state index contributed by atoms with van der Waals surface area (Å²) >= 11 is 1.38. The van der Waals surface area contributed by atoms with Crippen LogP contribution in [0.25, 0.3) is 10.2 Å². The standard InChI is InChI=1S/C16H15N3O4S/c1-2-3-10-9(8-20)17-15(21)19(10)16-18-13-12(24-16)5-4-11-14(13)23-7-6-22-11/h4-5,9-10,20H,6-8H2,1H3,(H,17,21). The lowest BCUT2D eigenvalue weighted by molar-refractivity contribution is 0.173. The average Bonchev–Trinajstić information content (AvgIpc) is 3.16. The van der Waals surface area contributed by atoms with Crippen LogP contribution in [0.3, 0.4) is 0 Å².